The molecule has 2 atom stereocenters. The Bertz CT molecular complexity index is 1520. The fourth-order valence-corrected chi connectivity index (χ4v) is 7.35. The van der Waals surface area contributed by atoms with Crippen LogP contribution in [0.25, 0.3) is 21.3 Å². The van der Waals surface area contributed by atoms with Gasteiger partial charge in [0, 0.05) is 12.1 Å². The van der Waals surface area contributed by atoms with Gasteiger partial charge in [0.25, 0.3) is 5.78 Å². The van der Waals surface area contributed by atoms with E-state index in [0.717, 1.165) is 33.7 Å². The number of ketones is 1. The Kier molecular flexibility index (Phi) is 7.01. The third kappa shape index (κ3) is 4.74. The molecule has 1 N–H and O–H groups in total. The number of fused-ring (bicyclic) bond motifs is 2. The molecule has 2 aromatic heterocycles. The highest BCUT2D eigenvalue weighted by Gasteiger charge is 2.62. The lowest BCUT2D eigenvalue weighted by molar-refractivity contribution is -0.171. The molecule has 1 fully saturated rings. The molecule has 0 spiro atoms. The summed E-state index contributed by atoms with van der Waals surface area (Å²) in [5, 5.41) is -0.698. The first-order valence-corrected chi connectivity index (χ1v) is 13.8. The van der Waals surface area contributed by atoms with Crippen LogP contribution < -0.4 is 9.47 Å². The molecule has 0 aliphatic carbocycles. The number of rotatable bonds is 9. The summed E-state index contributed by atoms with van der Waals surface area (Å²) in [4.78, 5) is 51.0. The number of thioether (sulfide) groups is 2. The van der Waals surface area contributed by atoms with Crippen LogP contribution in [0.1, 0.15) is 6.92 Å². The third-order valence-electron chi connectivity index (χ3n) is 5.64. The lowest BCUT2D eigenvalue weighted by atomic mass is 10.0. The van der Waals surface area contributed by atoms with Gasteiger partial charge in [0.2, 0.25) is 5.60 Å². The normalized spacial score (nSPS) is 19.4. The van der Waals surface area contributed by atoms with Crippen molar-refractivity contribution < 1.29 is 33.3 Å². The summed E-state index contributed by atoms with van der Waals surface area (Å²) in [6, 6.07) is 10.8. The van der Waals surface area contributed by atoms with Crippen LogP contribution in [0.3, 0.4) is 0 Å². The Morgan fingerprint density at radius 1 is 1.11 bits per heavy atom. The molecule has 13 heteroatoms. The molecule has 2 unspecified atom stereocenters. The van der Waals surface area contributed by atoms with E-state index >= 15 is 0 Å². The predicted octanol–water partition coefficient (Wildman–Crippen LogP) is 3.87. The number of aromatic nitrogens is 3. The Hall–Kier alpha value is -3.29. The summed E-state index contributed by atoms with van der Waals surface area (Å²) in [6.45, 7) is 1.70. The number of nitrogens with zero attached hydrogens (tertiary/aromatic N) is 2. The number of nitrogens with one attached hydrogen (secondary N) is 1. The van der Waals surface area contributed by atoms with Gasteiger partial charge in [-0.2, -0.15) is 0 Å². The van der Waals surface area contributed by atoms with Crippen LogP contribution in [0.2, 0.25) is 0 Å². The molecule has 37 heavy (non-hydrogen) atoms. The lowest BCUT2D eigenvalue weighted by Crippen LogP contribution is -2.50. The largest absolute Gasteiger partial charge is 0.497 e. The number of H-pyrrole nitrogens is 1. The minimum absolute atomic E-state index is 0.0553. The summed E-state index contributed by atoms with van der Waals surface area (Å²) in [6.07, 6.45) is 0. The molecule has 2 aromatic carbocycles. The summed E-state index contributed by atoms with van der Waals surface area (Å²) < 4.78 is 22.7. The topological polar surface area (TPSA) is 130 Å². The van der Waals surface area contributed by atoms with Crippen LogP contribution in [0.4, 0.5) is 0 Å². The van der Waals surface area contributed by atoms with E-state index in [9.17, 15) is 14.4 Å². The lowest BCUT2D eigenvalue weighted by Gasteiger charge is -2.28. The zero-order valence-corrected chi connectivity index (χ0v) is 22.4. The molecule has 0 amide bonds. The molecule has 1 saturated heterocycles. The Morgan fingerprint density at radius 3 is 2.62 bits per heavy atom. The van der Waals surface area contributed by atoms with E-state index in [1.54, 1.807) is 45.4 Å². The van der Waals surface area contributed by atoms with Crippen LogP contribution >= 0.6 is 34.9 Å². The number of thiazole rings is 1. The van der Waals surface area contributed by atoms with Crippen molar-refractivity contribution in [2.45, 2.75) is 27.3 Å². The molecular formula is C24H21N3O7S3. The zero-order valence-electron chi connectivity index (χ0n) is 19.9. The number of carbonyl (C=O) groups excluding carboxylic acids is 3. The fourth-order valence-electron chi connectivity index (χ4n) is 3.80. The van der Waals surface area contributed by atoms with Gasteiger partial charge in [-0.3, -0.25) is 4.79 Å². The summed E-state index contributed by atoms with van der Waals surface area (Å²) in [7, 11) is 3.13. The first-order chi connectivity index (χ1) is 17.9. The van der Waals surface area contributed by atoms with Crippen molar-refractivity contribution in [3.05, 3.63) is 36.4 Å². The first-order valence-electron chi connectivity index (χ1n) is 11.1. The van der Waals surface area contributed by atoms with E-state index in [0.29, 0.717) is 32.0 Å². The number of cyclic esters (lactones) is 1. The van der Waals surface area contributed by atoms with E-state index in [2.05, 4.69) is 15.0 Å². The van der Waals surface area contributed by atoms with Gasteiger partial charge in [0.05, 0.1) is 47.8 Å². The molecule has 0 radical (unpaired) electrons. The number of aromatic amines is 1. The molecule has 5 rings (SSSR count). The second kappa shape index (κ2) is 10.2. The van der Waals surface area contributed by atoms with E-state index in [1.807, 2.05) is 12.1 Å². The monoisotopic (exact) mass is 559 g/mol. The fraction of sp³-hybridized carbons (Fsp3) is 0.292. The smallest absolute Gasteiger partial charge is 0.377 e. The molecule has 192 valence electrons. The van der Waals surface area contributed by atoms with Crippen LogP contribution in [0, 0.1) is 0 Å². The van der Waals surface area contributed by atoms with E-state index < -0.39 is 28.6 Å². The number of Topliss-reactive ketones (excluding diaryl/α,β-unsaturated/α-hetero) is 1. The molecule has 10 nitrogen and oxygen atoms in total. The van der Waals surface area contributed by atoms with Gasteiger partial charge in [-0.15, -0.1) is 11.3 Å². The van der Waals surface area contributed by atoms with Gasteiger partial charge in [-0.1, -0.05) is 23.5 Å². The summed E-state index contributed by atoms with van der Waals surface area (Å²) in [5.74, 6) is -1.47. The van der Waals surface area contributed by atoms with Crippen LogP contribution in [-0.4, -0.2) is 70.1 Å². The van der Waals surface area contributed by atoms with Crippen molar-refractivity contribution >= 4 is 73.8 Å². The Morgan fingerprint density at radius 2 is 1.86 bits per heavy atom. The van der Waals surface area contributed by atoms with Crippen molar-refractivity contribution in [2.75, 3.05) is 26.6 Å². The summed E-state index contributed by atoms with van der Waals surface area (Å²) >= 11 is 3.51. The minimum Gasteiger partial charge on any atom is -0.497 e. The SMILES string of the molecule is CCOC(=O)C1(CSc2nc3ccc(OC)cc3[nH]2)OC(=O)C(=O)C1Sc1nc2cc(OC)ccc2s1. The van der Waals surface area contributed by atoms with Gasteiger partial charge in [-0.25, -0.2) is 19.6 Å². The standard InChI is InChI=1S/C24H21N3O7S3/c1-4-33-21(30)24(11-35-22-25-14-7-5-12(31-2)9-15(14)26-22)19(18(28)20(29)34-24)37-23-27-16-10-13(32-3)6-8-17(16)36-23/h5-10,19H,4,11H2,1-3H3,(H,25,26). The highest BCUT2D eigenvalue weighted by molar-refractivity contribution is 8.03. The number of ether oxygens (including phenoxy) is 4. The number of hydrogen-bond acceptors (Lipinski definition) is 12. The maximum absolute atomic E-state index is 13.2. The number of methoxy groups -OCH3 is 2. The van der Waals surface area contributed by atoms with E-state index in [1.165, 1.54) is 11.3 Å². The van der Waals surface area contributed by atoms with Gasteiger partial charge in [0.15, 0.2) is 9.50 Å². The average Bonchev–Trinajstić information content (AvgIpc) is 3.57. The highest BCUT2D eigenvalue weighted by Crippen LogP contribution is 2.44. The molecular weight excluding hydrogens is 538 g/mol. The Labute approximate surface area is 223 Å². The summed E-state index contributed by atoms with van der Waals surface area (Å²) in [5.41, 5.74) is 0.260. The van der Waals surface area contributed by atoms with Crippen molar-refractivity contribution in [3.8, 4) is 11.5 Å². The molecule has 3 heterocycles. The second-order valence-electron chi connectivity index (χ2n) is 7.89. The third-order valence-corrected chi connectivity index (χ3v) is 9.18. The van der Waals surface area contributed by atoms with Crippen molar-refractivity contribution in [1.29, 1.82) is 0 Å². The van der Waals surface area contributed by atoms with Crippen LogP contribution in [0.5, 0.6) is 11.5 Å². The van der Waals surface area contributed by atoms with Gasteiger partial charge >= 0.3 is 11.9 Å². The van der Waals surface area contributed by atoms with E-state index in [-0.39, 0.29) is 12.4 Å². The number of carbonyl (C=O) groups is 3. The predicted molar refractivity (Wildman–Crippen MR) is 140 cm³/mol. The highest BCUT2D eigenvalue weighted by atomic mass is 32.2. The maximum atomic E-state index is 13.2. The molecule has 0 bridgehead atoms. The number of benzene rings is 2. The van der Waals surface area contributed by atoms with Crippen molar-refractivity contribution in [2.24, 2.45) is 0 Å². The minimum atomic E-state index is -1.86. The van der Waals surface area contributed by atoms with Crippen molar-refractivity contribution in [3.63, 3.8) is 0 Å². The maximum Gasteiger partial charge on any atom is 0.377 e. The molecule has 1 aliphatic heterocycles. The zero-order chi connectivity index (χ0) is 26.2. The van der Waals surface area contributed by atoms with Crippen molar-refractivity contribution in [1.82, 2.24) is 15.0 Å². The second-order valence-corrected chi connectivity index (χ2v) is 11.2. The quantitative estimate of drug-likeness (QED) is 0.182. The van der Waals surface area contributed by atoms with Crippen LogP contribution in [-0.2, 0) is 23.9 Å². The van der Waals surface area contributed by atoms with Crippen LogP contribution in [0.15, 0.2) is 45.9 Å². The molecule has 4 aromatic rings. The number of hydrogen-bond donors (Lipinski definition) is 1. The number of imidazole rings is 1. The molecule has 1 aliphatic rings. The first kappa shape index (κ1) is 25.4. The number of esters is 2. The van der Waals surface area contributed by atoms with Gasteiger partial charge in [-0.05, 0) is 31.2 Å². The van der Waals surface area contributed by atoms with E-state index in [4.69, 9.17) is 18.9 Å². The average molecular weight is 560 g/mol. The Balaban J connectivity index is 1.46. The van der Waals surface area contributed by atoms with Gasteiger partial charge in [0.1, 0.15) is 16.7 Å². The van der Waals surface area contributed by atoms with Gasteiger partial charge < -0.3 is 23.9 Å². The molecule has 0 saturated carbocycles.